The van der Waals surface area contributed by atoms with Gasteiger partial charge in [-0.2, -0.15) is 8.42 Å². The summed E-state index contributed by atoms with van der Waals surface area (Å²) in [5.41, 5.74) is 0. The molecule has 82 valence electrons. The van der Waals surface area contributed by atoms with E-state index in [1.165, 1.54) is 0 Å². The minimum Gasteiger partial charge on any atom is -0.550 e. The van der Waals surface area contributed by atoms with E-state index >= 15 is 0 Å². The summed E-state index contributed by atoms with van der Waals surface area (Å²) in [7, 11) is -4.67. The second-order valence-electron chi connectivity index (χ2n) is 1.43. The van der Waals surface area contributed by atoms with Crippen LogP contribution in [0.3, 0.4) is 0 Å². The van der Waals surface area contributed by atoms with Gasteiger partial charge in [0.05, 0.1) is 0 Å². The van der Waals surface area contributed by atoms with E-state index in [-0.39, 0.29) is 27.3 Å². The molecule has 0 aromatic heterocycles. The fourth-order valence-corrected chi connectivity index (χ4v) is 0. The van der Waals surface area contributed by atoms with Gasteiger partial charge in [-0.3, -0.25) is 9.11 Å². The van der Waals surface area contributed by atoms with Crippen molar-refractivity contribution in [1.29, 1.82) is 0 Å². The van der Waals surface area contributed by atoms with Gasteiger partial charge < -0.3 is 19.8 Å². The Labute approximate surface area is 101 Å². The van der Waals surface area contributed by atoms with Gasteiger partial charge in [0.1, 0.15) is 0 Å². The van der Waals surface area contributed by atoms with E-state index in [0.29, 0.717) is 0 Å². The van der Waals surface area contributed by atoms with E-state index in [1.54, 1.807) is 0 Å². The summed E-state index contributed by atoms with van der Waals surface area (Å²) >= 11 is 0. The second kappa shape index (κ2) is 12.7. The number of carbonyl (C=O) groups is 2. The average Bonchev–Trinajstić information content (AvgIpc) is 1.50. The van der Waals surface area contributed by atoms with Gasteiger partial charge >= 0.3 is 37.7 Å². The van der Waals surface area contributed by atoms with Crippen LogP contribution in [0.2, 0.25) is 0 Å². The standard InChI is InChI=1S/2C2H4O2.H2O4S.Pb/c2*1-2(3)4;1-5(2,3)4;/h2*1H3,(H,3,4);(H2,1,2,3,4);/q;;;+2/p-2. The monoisotopic (exact) mass is 424 g/mol. The van der Waals surface area contributed by atoms with Crippen molar-refractivity contribution < 1.29 is 37.3 Å². The first-order valence-corrected chi connectivity index (χ1v) is 3.91. The van der Waals surface area contributed by atoms with E-state index in [4.69, 9.17) is 37.3 Å². The molecule has 0 amide bonds. The van der Waals surface area contributed by atoms with Crippen LogP contribution in [0.4, 0.5) is 0 Å². The summed E-state index contributed by atoms with van der Waals surface area (Å²) < 4.78 is 31.6. The van der Waals surface area contributed by atoms with Crippen LogP contribution in [0.5, 0.6) is 0 Å². The summed E-state index contributed by atoms with van der Waals surface area (Å²) in [5, 5.41) is 17.8. The molecule has 0 aromatic rings. The maximum atomic E-state index is 8.89. The third kappa shape index (κ3) is 18800. The minimum atomic E-state index is -4.67. The van der Waals surface area contributed by atoms with E-state index in [9.17, 15) is 0 Å². The van der Waals surface area contributed by atoms with Gasteiger partial charge in [0.25, 0.3) is 0 Å². The zero-order valence-electron chi connectivity index (χ0n) is 7.25. The molecular formula is C4H8O8PbS. The number of hydrogen-bond donors (Lipinski definition) is 2. The number of carbonyl (C=O) groups excluding carboxylic acids is 2. The molecule has 0 aromatic carbocycles. The van der Waals surface area contributed by atoms with Crippen LogP contribution in [0, 0.1) is 0 Å². The van der Waals surface area contributed by atoms with Crippen molar-refractivity contribution >= 4 is 49.6 Å². The normalized spacial score (nSPS) is 7.71. The Morgan fingerprint density at radius 1 is 1.00 bits per heavy atom. The number of carboxylic acids is 2. The Bertz CT molecular complexity index is 216. The molecular weight excluding hydrogens is 415 g/mol. The van der Waals surface area contributed by atoms with Gasteiger partial charge in [-0.1, -0.05) is 0 Å². The van der Waals surface area contributed by atoms with Gasteiger partial charge in [0, 0.05) is 11.9 Å². The molecule has 0 bridgehead atoms. The van der Waals surface area contributed by atoms with Crippen molar-refractivity contribution in [3.05, 3.63) is 0 Å². The van der Waals surface area contributed by atoms with Crippen molar-refractivity contribution in [3.63, 3.8) is 0 Å². The van der Waals surface area contributed by atoms with Crippen LogP contribution in [0.1, 0.15) is 13.8 Å². The third-order valence-corrected chi connectivity index (χ3v) is 0. The van der Waals surface area contributed by atoms with Crippen LogP contribution in [-0.2, 0) is 20.0 Å². The van der Waals surface area contributed by atoms with Crippen LogP contribution < -0.4 is 10.2 Å². The van der Waals surface area contributed by atoms with E-state index in [0.717, 1.165) is 13.8 Å². The summed E-state index contributed by atoms with van der Waals surface area (Å²) in [6.45, 7) is 1.94. The molecule has 2 N–H and O–H groups in total. The van der Waals surface area contributed by atoms with Crippen molar-refractivity contribution in [2.24, 2.45) is 0 Å². The van der Waals surface area contributed by atoms with Gasteiger partial charge in [-0.05, 0) is 13.8 Å². The molecule has 14 heavy (non-hydrogen) atoms. The predicted molar refractivity (Wildman–Crippen MR) is 41.3 cm³/mol. The molecule has 0 atom stereocenters. The van der Waals surface area contributed by atoms with E-state index < -0.39 is 22.3 Å². The second-order valence-corrected chi connectivity index (χ2v) is 2.33. The third-order valence-electron chi connectivity index (χ3n) is 0. The van der Waals surface area contributed by atoms with Crippen LogP contribution >= 0.6 is 0 Å². The van der Waals surface area contributed by atoms with Crippen molar-refractivity contribution in [1.82, 2.24) is 0 Å². The molecule has 0 aliphatic carbocycles. The Hall–Kier alpha value is -0.268. The molecule has 0 heterocycles. The summed E-state index contributed by atoms with van der Waals surface area (Å²) in [5.74, 6) is -2.17. The van der Waals surface area contributed by atoms with E-state index in [2.05, 4.69) is 0 Å². The van der Waals surface area contributed by atoms with Crippen molar-refractivity contribution in [2.75, 3.05) is 0 Å². The van der Waals surface area contributed by atoms with Crippen molar-refractivity contribution in [3.8, 4) is 0 Å². The first-order valence-electron chi connectivity index (χ1n) is 2.51. The Morgan fingerprint density at radius 3 is 1.00 bits per heavy atom. The van der Waals surface area contributed by atoms with Gasteiger partial charge in [0.15, 0.2) is 0 Å². The molecule has 0 spiro atoms. The molecule has 8 nitrogen and oxygen atoms in total. The van der Waals surface area contributed by atoms with Gasteiger partial charge in [-0.15, -0.1) is 0 Å². The molecule has 0 saturated heterocycles. The number of carboxylic acid groups (broad SMARTS) is 2. The fourth-order valence-electron chi connectivity index (χ4n) is 0. The average molecular weight is 423 g/mol. The number of rotatable bonds is 0. The van der Waals surface area contributed by atoms with Crippen molar-refractivity contribution in [2.45, 2.75) is 13.8 Å². The fraction of sp³-hybridized carbons (Fsp3) is 0.500. The minimum absolute atomic E-state index is 0. The Kier molecular flexibility index (Phi) is 21.4. The quantitative estimate of drug-likeness (QED) is 0.300. The summed E-state index contributed by atoms with van der Waals surface area (Å²) in [4.78, 5) is 17.8. The molecule has 0 rings (SSSR count). The molecule has 10 heteroatoms. The smallest absolute Gasteiger partial charge is 0.550 e. The Balaban J connectivity index is -0.0000000522. The largest absolute Gasteiger partial charge is 2.00 e. The maximum Gasteiger partial charge on any atom is 2.00 e. The molecule has 0 saturated carbocycles. The first kappa shape index (κ1) is 23.5. The maximum absolute atomic E-state index is 8.89. The first-order chi connectivity index (χ1) is 5.46. The topological polar surface area (TPSA) is 155 Å². The van der Waals surface area contributed by atoms with Crippen LogP contribution in [0.25, 0.3) is 0 Å². The summed E-state index contributed by atoms with van der Waals surface area (Å²) in [6, 6.07) is 0. The molecule has 0 unspecified atom stereocenters. The van der Waals surface area contributed by atoms with Crippen LogP contribution in [0.15, 0.2) is 0 Å². The molecule has 0 fully saturated rings. The summed E-state index contributed by atoms with van der Waals surface area (Å²) in [6.07, 6.45) is 0. The number of hydrogen-bond acceptors (Lipinski definition) is 6. The zero-order valence-corrected chi connectivity index (χ0v) is 12.0. The molecule has 2 radical (unpaired) electrons. The van der Waals surface area contributed by atoms with Crippen LogP contribution in [-0.4, -0.2) is 56.8 Å². The number of aliphatic carboxylic acids is 2. The molecule has 0 aliphatic rings. The van der Waals surface area contributed by atoms with Gasteiger partial charge in [0.2, 0.25) is 0 Å². The van der Waals surface area contributed by atoms with Gasteiger partial charge in [-0.25, -0.2) is 0 Å². The zero-order chi connectivity index (χ0) is 11.7. The van der Waals surface area contributed by atoms with E-state index in [1.807, 2.05) is 0 Å². The Morgan fingerprint density at radius 2 is 1.00 bits per heavy atom. The SMILES string of the molecule is CC(=O)[O-].CC(=O)[O-].O=S(=O)(O)O.[Pb+2]. The predicted octanol–water partition coefficient (Wildman–Crippen LogP) is -3.52. The molecule has 0 aliphatic heterocycles.